The minimum Gasteiger partial charge on any atom is -0.357 e. The standard InChI is InChI=1S/C10H13FN2O4S/c1-7(2)13(3)10(14)8-4-9(6-12-5-8)17-18(11,15)16/h4-7H,1-3H3. The molecule has 1 rings (SSSR count). The highest BCUT2D eigenvalue weighted by Crippen LogP contribution is 2.15. The van der Waals surface area contributed by atoms with Gasteiger partial charge in [-0.25, -0.2) is 0 Å². The lowest BCUT2D eigenvalue weighted by Crippen LogP contribution is -2.33. The normalized spacial score (nSPS) is 11.4. The van der Waals surface area contributed by atoms with Crippen molar-refractivity contribution in [2.24, 2.45) is 0 Å². The van der Waals surface area contributed by atoms with Crippen molar-refractivity contribution in [3.8, 4) is 5.75 Å². The summed E-state index contributed by atoms with van der Waals surface area (Å²) in [5.74, 6) is -0.709. The Balaban J connectivity index is 2.99. The van der Waals surface area contributed by atoms with Gasteiger partial charge in [0, 0.05) is 19.3 Å². The molecule has 0 radical (unpaired) electrons. The number of aromatic nitrogens is 1. The second kappa shape index (κ2) is 5.30. The van der Waals surface area contributed by atoms with Crippen LogP contribution in [-0.2, 0) is 10.5 Å². The van der Waals surface area contributed by atoms with Gasteiger partial charge in [0.15, 0.2) is 5.75 Å². The highest BCUT2D eigenvalue weighted by Gasteiger charge is 2.17. The summed E-state index contributed by atoms with van der Waals surface area (Å²) < 4.78 is 36.9. The zero-order valence-electron chi connectivity index (χ0n) is 10.1. The molecule has 0 N–H and O–H groups in total. The molecule has 0 saturated carbocycles. The van der Waals surface area contributed by atoms with Crippen LogP contribution in [0.25, 0.3) is 0 Å². The SMILES string of the molecule is CC(C)N(C)C(=O)c1cncc(OS(=O)(=O)F)c1. The van der Waals surface area contributed by atoms with E-state index in [0.29, 0.717) is 0 Å². The van der Waals surface area contributed by atoms with Crippen LogP contribution in [0.3, 0.4) is 0 Å². The molecule has 1 aromatic heterocycles. The van der Waals surface area contributed by atoms with Crippen molar-refractivity contribution in [1.29, 1.82) is 0 Å². The fourth-order valence-electron chi connectivity index (χ4n) is 1.13. The molecule has 0 bridgehead atoms. The summed E-state index contributed by atoms with van der Waals surface area (Å²) in [4.78, 5) is 17.0. The quantitative estimate of drug-likeness (QED) is 0.771. The molecule has 0 aliphatic carbocycles. The van der Waals surface area contributed by atoms with E-state index in [-0.39, 0.29) is 23.3 Å². The number of pyridine rings is 1. The molecular formula is C10H13FN2O4S. The molecule has 18 heavy (non-hydrogen) atoms. The first kappa shape index (κ1) is 14.4. The second-order valence-electron chi connectivity index (χ2n) is 3.90. The van der Waals surface area contributed by atoms with Gasteiger partial charge in [-0.15, -0.1) is 0 Å². The maximum atomic E-state index is 12.3. The number of hydrogen-bond donors (Lipinski definition) is 0. The van der Waals surface area contributed by atoms with Gasteiger partial charge in [-0.2, -0.15) is 8.42 Å². The first-order chi connectivity index (χ1) is 8.20. The summed E-state index contributed by atoms with van der Waals surface area (Å²) in [5, 5.41) is 0. The molecule has 1 amide bonds. The third kappa shape index (κ3) is 3.95. The van der Waals surface area contributed by atoms with Crippen LogP contribution in [0.5, 0.6) is 5.75 Å². The van der Waals surface area contributed by atoms with Crippen molar-refractivity contribution >= 4 is 16.4 Å². The van der Waals surface area contributed by atoms with Gasteiger partial charge >= 0.3 is 10.5 Å². The Morgan fingerprint density at radius 2 is 2.06 bits per heavy atom. The third-order valence-corrected chi connectivity index (χ3v) is 2.64. The fourth-order valence-corrected chi connectivity index (χ4v) is 1.46. The fraction of sp³-hybridized carbons (Fsp3) is 0.400. The molecule has 0 aliphatic rings. The average molecular weight is 276 g/mol. The van der Waals surface area contributed by atoms with Gasteiger partial charge in [0.05, 0.1) is 11.8 Å². The highest BCUT2D eigenvalue weighted by molar-refractivity contribution is 7.81. The summed E-state index contributed by atoms with van der Waals surface area (Å²) >= 11 is 0. The number of amides is 1. The van der Waals surface area contributed by atoms with E-state index < -0.39 is 10.5 Å². The lowest BCUT2D eigenvalue weighted by molar-refractivity contribution is 0.0754. The van der Waals surface area contributed by atoms with Gasteiger partial charge in [-0.3, -0.25) is 9.78 Å². The molecule has 0 atom stereocenters. The van der Waals surface area contributed by atoms with E-state index in [4.69, 9.17) is 0 Å². The van der Waals surface area contributed by atoms with Gasteiger partial charge in [0.25, 0.3) is 5.91 Å². The first-order valence-corrected chi connectivity index (χ1v) is 6.38. The number of hydrogen-bond acceptors (Lipinski definition) is 5. The van der Waals surface area contributed by atoms with E-state index >= 15 is 0 Å². The molecule has 0 fully saturated rings. The van der Waals surface area contributed by atoms with E-state index in [1.54, 1.807) is 7.05 Å². The number of rotatable bonds is 4. The smallest absolute Gasteiger partial charge is 0.357 e. The summed E-state index contributed by atoms with van der Waals surface area (Å²) in [6.07, 6.45) is 2.25. The van der Waals surface area contributed by atoms with E-state index in [9.17, 15) is 17.1 Å². The number of carbonyl (C=O) groups excluding carboxylic acids is 1. The van der Waals surface area contributed by atoms with Gasteiger partial charge < -0.3 is 9.08 Å². The lowest BCUT2D eigenvalue weighted by atomic mass is 10.2. The third-order valence-electron chi connectivity index (χ3n) is 2.25. The Bertz CT molecular complexity index is 545. The topological polar surface area (TPSA) is 76.6 Å². The predicted molar refractivity (Wildman–Crippen MR) is 62.1 cm³/mol. The average Bonchev–Trinajstić information content (AvgIpc) is 2.25. The molecule has 0 aliphatic heterocycles. The second-order valence-corrected chi connectivity index (χ2v) is 4.85. The van der Waals surface area contributed by atoms with Gasteiger partial charge in [-0.1, -0.05) is 3.89 Å². The van der Waals surface area contributed by atoms with Crippen molar-refractivity contribution in [3.63, 3.8) is 0 Å². The molecule has 100 valence electrons. The number of carbonyl (C=O) groups is 1. The predicted octanol–water partition coefficient (Wildman–Crippen LogP) is 1.16. The molecule has 1 aromatic rings. The Morgan fingerprint density at radius 1 is 1.44 bits per heavy atom. The molecule has 8 heteroatoms. The minimum atomic E-state index is -5.12. The zero-order valence-corrected chi connectivity index (χ0v) is 10.9. The lowest BCUT2D eigenvalue weighted by Gasteiger charge is -2.21. The summed E-state index contributed by atoms with van der Waals surface area (Å²) in [5.41, 5.74) is 0.118. The van der Waals surface area contributed by atoms with Gasteiger partial charge in [0.2, 0.25) is 0 Å². The van der Waals surface area contributed by atoms with E-state index in [1.165, 1.54) is 11.1 Å². The maximum Gasteiger partial charge on any atom is 0.488 e. The van der Waals surface area contributed by atoms with Gasteiger partial charge in [0.1, 0.15) is 0 Å². The van der Waals surface area contributed by atoms with Crippen LogP contribution in [0.1, 0.15) is 24.2 Å². The van der Waals surface area contributed by atoms with Crippen molar-refractivity contribution in [3.05, 3.63) is 24.0 Å². The molecule has 0 aromatic carbocycles. The van der Waals surface area contributed by atoms with Crippen molar-refractivity contribution in [1.82, 2.24) is 9.88 Å². The monoisotopic (exact) mass is 276 g/mol. The Labute approximate surface area is 105 Å². The summed E-state index contributed by atoms with van der Waals surface area (Å²) in [7, 11) is -3.53. The molecule has 0 unspecified atom stereocenters. The Kier molecular flexibility index (Phi) is 4.23. The first-order valence-electron chi connectivity index (χ1n) is 5.07. The molecule has 0 saturated heterocycles. The van der Waals surface area contributed by atoms with Crippen molar-refractivity contribution < 1.29 is 21.3 Å². The molecule has 6 nitrogen and oxygen atoms in total. The van der Waals surface area contributed by atoms with Crippen LogP contribution >= 0.6 is 0 Å². The van der Waals surface area contributed by atoms with Crippen LogP contribution in [0.4, 0.5) is 3.89 Å². The molecule has 0 spiro atoms. The van der Waals surface area contributed by atoms with Crippen LogP contribution in [0.2, 0.25) is 0 Å². The largest absolute Gasteiger partial charge is 0.488 e. The molecule has 1 heterocycles. The Morgan fingerprint density at radius 3 is 2.56 bits per heavy atom. The van der Waals surface area contributed by atoms with Crippen LogP contribution in [0, 0.1) is 0 Å². The summed E-state index contributed by atoms with van der Waals surface area (Å²) in [6.45, 7) is 3.63. The van der Waals surface area contributed by atoms with Gasteiger partial charge in [-0.05, 0) is 19.9 Å². The van der Waals surface area contributed by atoms with Crippen LogP contribution in [0.15, 0.2) is 18.5 Å². The maximum absolute atomic E-state index is 12.3. The van der Waals surface area contributed by atoms with Crippen LogP contribution in [-0.4, -0.2) is 37.3 Å². The number of nitrogens with zero attached hydrogens (tertiary/aromatic N) is 2. The van der Waals surface area contributed by atoms with E-state index in [0.717, 1.165) is 12.3 Å². The zero-order chi connectivity index (χ0) is 13.9. The van der Waals surface area contributed by atoms with Crippen LogP contribution < -0.4 is 4.18 Å². The van der Waals surface area contributed by atoms with E-state index in [2.05, 4.69) is 9.17 Å². The Hall–Kier alpha value is -1.70. The summed E-state index contributed by atoms with van der Waals surface area (Å²) in [6, 6.07) is 1.08. The minimum absolute atomic E-state index is 0.0352. The van der Waals surface area contributed by atoms with Crippen molar-refractivity contribution in [2.45, 2.75) is 19.9 Å². The van der Waals surface area contributed by atoms with E-state index in [1.807, 2.05) is 13.8 Å². The highest BCUT2D eigenvalue weighted by atomic mass is 32.3. The molecular weight excluding hydrogens is 263 g/mol. The number of halogens is 1. The van der Waals surface area contributed by atoms with Crippen molar-refractivity contribution in [2.75, 3.05) is 7.05 Å².